The first kappa shape index (κ1) is 18.4. The predicted octanol–water partition coefficient (Wildman–Crippen LogP) is 3.07. The molecule has 1 saturated heterocycles. The zero-order valence-corrected chi connectivity index (χ0v) is 15.9. The molecule has 4 amide bonds. The molecule has 2 fully saturated rings. The van der Waals surface area contributed by atoms with Gasteiger partial charge in [-0.05, 0) is 49.7 Å². The Morgan fingerprint density at radius 2 is 1.88 bits per heavy atom. The van der Waals surface area contributed by atoms with Gasteiger partial charge >= 0.3 is 6.03 Å². The predicted molar refractivity (Wildman–Crippen MR) is 99.6 cm³/mol. The van der Waals surface area contributed by atoms with Crippen LogP contribution in [-0.4, -0.2) is 34.8 Å². The molecule has 1 spiro atoms. The number of benzene rings is 1. The standard InChI is InChI=1S/C20H27N3O3/c1-13-5-7-15(8-6-13)21-16(24)11-23-17(25)20(22-18(23)26)10-14(2)9-19(3,4)12-20/h5-8,14H,9-12H2,1-4H3,(H,21,24)(H,22,26)/t14-,20-/m0/s1. The van der Waals surface area contributed by atoms with Gasteiger partial charge in [0.15, 0.2) is 0 Å². The van der Waals surface area contributed by atoms with Crippen LogP contribution >= 0.6 is 0 Å². The number of urea groups is 1. The molecule has 2 atom stereocenters. The Morgan fingerprint density at radius 3 is 2.50 bits per heavy atom. The average Bonchev–Trinajstić information content (AvgIpc) is 2.71. The highest BCUT2D eigenvalue weighted by Gasteiger charge is 2.56. The van der Waals surface area contributed by atoms with E-state index in [1.807, 2.05) is 19.1 Å². The Morgan fingerprint density at radius 1 is 1.23 bits per heavy atom. The van der Waals surface area contributed by atoms with Gasteiger partial charge in [-0.15, -0.1) is 0 Å². The highest BCUT2D eigenvalue weighted by atomic mass is 16.2. The van der Waals surface area contributed by atoms with Gasteiger partial charge < -0.3 is 10.6 Å². The van der Waals surface area contributed by atoms with Crippen LogP contribution in [0.3, 0.4) is 0 Å². The lowest BCUT2D eigenvalue weighted by Gasteiger charge is -2.43. The number of amides is 4. The monoisotopic (exact) mass is 357 g/mol. The van der Waals surface area contributed by atoms with Crippen LogP contribution in [0.1, 0.15) is 45.6 Å². The van der Waals surface area contributed by atoms with E-state index in [9.17, 15) is 14.4 Å². The summed E-state index contributed by atoms with van der Waals surface area (Å²) in [6.45, 7) is 8.04. The van der Waals surface area contributed by atoms with E-state index in [2.05, 4.69) is 31.4 Å². The topological polar surface area (TPSA) is 78.5 Å². The molecule has 0 aromatic heterocycles. The van der Waals surface area contributed by atoms with Crippen molar-refractivity contribution in [2.24, 2.45) is 11.3 Å². The molecule has 140 valence electrons. The van der Waals surface area contributed by atoms with Crippen molar-refractivity contribution in [3.8, 4) is 0 Å². The fourth-order valence-electron chi connectivity index (χ4n) is 4.63. The number of aryl methyl sites for hydroxylation is 1. The molecule has 1 aromatic carbocycles. The summed E-state index contributed by atoms with van der Waals surface area (Å²) < 4.78 is 0. The van der Waals surface area contributed by atoms with Gasteiger partial charge in [0, 0.05) is 5.69 Å². The second-order valence-electron chi connectivity index (χ2n) is 8.67. The molecule has 0 bridgehead atoms. The highest BCUT2D eigenvalue weighted by Crippen LogP contribution is 2.46. The van der Waals surface area contributed by atoms with Crippen LogP contribution in [0.25, 0.3) is 0 Å². The molecule has 3 rings (SSSR count). The van der Waals surface area contributed by atoms with E-state index >= 15 is 0 Å². The van der Waals surface area contributed by atoms with Crippen LogP contribution in [0, 0.1) is 18.3 Å². The Kier molecular flexibility index (Phi) is 4.54. The third-order valence-corrected chi connectivity index (χ3v) is 5.26. The summed E-state index contributed by atoms with van der Waals surface area (Å²) in [6.07, 6.45) is 2.24. The Balaban J connectivity index is 1.71. The lowest BCUT2D eigenvalue weighted by molar-refractivity contribution is -0.136. The quantitative estimate of drug-likeness (QED) is 0.816. The van der Waals surface area contributed by atoms with E-state index in [4.69, 9.17) is 0 Å². The normalized spacial score (nSPS) is 27.5. The van der Waals surface area contributed by atoms with Crippen molar-refractivity contribution in [3.63, 3.8) is 0 Å². The number of anilines is 1. The van der Waals surface area contributed by atoms with Crippen molar-refractivity contribution in [1.82, 2.24) is 10.2 Å². The molecular formula is C20H27N3O3. The summed E-state index contributed by atoms with van der Waals surface area (Å²) in [5.74, 6) is -0.317. The molecule has 1 aromatic rings. The Hall–Kier alpha value is -2.37. The minimum Gasteiger partial charge on any atom is -0.325 e. The molecule has 1 heterocycles. The van der Waals surface area contributed by atoms with Crippen LogP contribution in [0.2, 0.25) is 0 Å². The van der Waals surface area contributed by atoms with Gasteiger partial charge in [0.1, 0.15) is 12.1 Å². The van der Waals surface area contributed by atoms with Crippen molar-refractivity contribution in [3.05, 3.63) is 29.8 Å². The fourth-order valence-corrected chi connectivity index (χ4v) is 4.63. The molecule has 1 saturated carbocycles. The third-order valence-electron chi connectivity index (χ3n) is 5.26. The summed E-state index contributed by atoms with van der Waals surface area (Å²) >= 11 is 0. The number of carbonyl (C=O) groups excluding carboxylic acids is 3. The summed E-state index contributed by atoms with van der Waals surface area (Å²) in [4.78, 5) is 38.8. The van der Waals surface area contributed by atoms with Crippen LogP contribution in [0.4, 0.5) is 10.5 Å². The van der Waals surface area contributed by atoms with E-state index in [1.165, 1.54) is 0 Å². The van der Waals surface area contributed by atoms with Crippen molar-refractivity contribution >= 4 is 23.5 Å². The molecule has 26 heavy (non-hydrogen) atoms. The zero-order valence-electron chi connectivity index (χ0n) is 15.9. The van der Waals surface area contributed by atoms with Crippen molar-refractivity contribution < 1.29 is 14.4 Å². The molecule has 1 aliphatic carbocycles. The maximum absolute atomic E-state index is 13.0. The fraction of sp³-hybridized carbons (Fsp3) is 0.550. The molecule has 1 aliphatic heterocycles. The van der Waals surface area contributed by atoms with Crippen molar-refractivity contribution in [1.29, 1.82) is 0 Å². The molecular weight excluding hydrogens is 330 g/mol. The first-order chi connectivity index (χ1) is 12.1. The largest absolute Gasteiger partial charge is 0.325 e. The van der Waals surface area contributed by atoms with Crippen LogP contribution in [-0.2, 0) is 9.59 Å². The maximum Gasteiger partial charge on any atom is 0.325 e. The minimum absolute atomic E-state index is 0.0270. The van der Waals surface area contributed by atoms with E-state index in [-0.39, 0.29) is 23.8 Å². The lowest BCUT2D eigenvalue weighted by Crippen LogP contribution is -2.54. The Labute approximate surface area is 154 Å². The summed E-state index contributed by atoms with van der Waals surface area (Å²) in [5, 5.41) is 5.63. The smallest absolute Gasteiger partial charge is 0.325 e. The van der Waals surface area contributed by atoms with Crippen molar-refractivity contribution in [2.75, 3.05) is 11.9 Å². The van der Waals surface area contributed by atoms with E-state index in [0.29, 0.717) is 24.4 Å². The number of imide groups is 1. The first-order valence-corrected chi connectivity index (χ1v) is 9.11. The molecule has 6 heteroatoms. The van der Waals surface area contributed by atoms with Crippen molar-refractivity contribution in [2.45, 2.75) is 52.5 Å². The number of nitrogens with zero attached hydrogens (tertiary/aromatic N) is 1. The zero-order chi connectivity index (χ0) is 19.1. The van der Waals surface area contributed by atoms with E-state index in [0.717, 1.165) is 16.9 Å². The maximum atomic E-state index is 13.0. The van der Waals surface area contributed by atoms with Crippen LogP contribution < -0.4 is 10.6 Å². The molecule has 0 unspecified atom stereocenters. The van der Waals surface area contributed by atoms with Gasteiger partial charge in [-0.1, -0.05) is 38.5 Å². The number of carbonyl (C=O) groups is 3. The Bertz CT molecular complexity index is 741. The number of hydrogen-bond acceptors (Lipinski definition) is 3. The van der Waals surface area contributed by atoms with E-state index < -0.39 is 11.6 Å². The third kappa shape index (κ3) is 3.59. The number of nitrogens with one attached hydrogen (secondary N) is 2. The lowest BCUT2D eigenvalue weighted by atomic mass is 9.64. The highest BCUT2D eigenvalue weighted by molar-refractivity contribution is 6.10. The summed E-state index contributed by atoms with van der Waals surface area (Å²) in [7, 11) is 0. The van der Waals surface area contributed by atoms with Gasteiger partial charge in [0.25, 0.3) is 5.91 Å². The van der Waals surface area contributed by atoms with Gasteiger partial charge in [-0.3, -0.25) is 14.5 Å². The SMILES string of the molecule is Cc1ccc(NC(=O)CN2C(=O)N[C@]3(C[C@@H](C)CC(C)(C)C3)C2=O)cc1. The molecule has 2 N–H and O–H groups in total. The minimum atomic E-state index is -0.873. The van der Waals surface area contributed by atoms with Crippen LogP contribution in [0.15, 0.2) is 24.3 Å². The van der Waals surface area contributed by atoms with Crippen LogP contribution in [0.5, 0.6) is 0 Å². The second kappa shape index (κ2) is 6.41. The first-order valence-electron chi connectivity index (χ1n) is 9.11. The molecule has 6 nitrogen and oxygen atoms in total. The molecule has 0 radical (unpaired) electrons. The number of rotatable bonds is 3. The van der Waals surface area contributed by atoms with Gasteiger partial charge in [-0.2, -0.15) is 0 Å². The van der Waals surface area contributed by atoms with E-state index in [1.54, 1.807) is 12.1 Å². The second-order valence-corrected chi connectivity index (χ2v) is 8.67. The summed E-state index contributed by atoms with van der Waals surface area (Å²) in [6, 6.07) is 6.91. The number of hydrogen-bond donors (Lipinski definition) is 2. The van der Waals surface area contributed by atoms with Gasteiger partial charge in [-0.25, -0.2) is 4.79 Å². The average molecular weight is 357 g/mol. The van der Waals surface area contributed by atoms with Gasteiger partial charge in [0.2, 0.25) is 5.91 Å². The summed E-state index contributed by atoms with van der Waals surface area (Å²) in [5.41, 5.74) is 0.839. The van der Waals surface area contributed by atoms with Gasteiger partial charge in [0.05, 0.1) is 0 Å². The molecule has 2 aliphatic rings.